The molecule has 0 aromatic heterocycles. The van der Waals surface area contributed by atoms with Crippen LogP contribution in [0.4, 0.5) is 0 Å². The second kappa shape index (κ2) is 8.86. The first kappa shape index (κ1) is 18.5. The Morgan fingerprint density at radius 2 is 2.08 bits per heavy atom. The Bertz CT molecular complexity index is 569. The summed E-state index contributed by atoms with van der Waals surface area (Å²) in [7, 11) is 0. The van der Waals surface area contributed by atoms with E-state index in [1.165, 1.54) is 0 Å². The van der Waals surface area contributed by atoms with Gasteiger partial charge in [-0.3, -0.25) is 9.59 Å². The molecule has 0 aliphatic carbocycles. The molecule has 4 heteroatoms. The van der Waals surface area contributed by atoms with Crippen LogP contribution in [-0.4, -0.2) is 40.7 Å². The predicted octanol–water partition coefficient (Wildman–Crippen LogP) is 3.85. The first-order valence-electron chi connectivity index (χ1n) is 9.20. The van der Waals surface area contributed by atoms with Crippen LogP contribution >= 0.6 is 0 Å². The Balaban J connectivity index is 2.07. The van der Waals surface area contributed by atoms with Crippen molar-refractivity contribution in [2.45, 2.75) is 65.5 Å². The lowest BCUT2D eigenvalue weighted by molar-refractivity contribution is -0.128. The number of likely N-dealkylation sites (tertiary alicyclic amines) is 1. The zero-order valence-electron chi connectivity index (χ0n) is 15.3. The monoisotopic (exact) mass is 330 g/mol. The average molecular weight is 330 g/mol. The summed E-state index contributed by atoms with van der Waals surface area (Å²) < 4.78 is 0. The highest BCUT2D eigenvalue weighted by atomic mass is 16.2. The normalized spacial score (nSPS) is 14.5. The molecule has 4 nitrogen and oxygen atoms in total. The van der Waals surface area contributed by atoms with Crippen molar-refractivity contribution in [2.75, 3.05) is 13.1 Å². The van der Waals surface area contributed by atoms with E-state index in [2.05, 4.69) is 20.8 Å². The van der Waals surface area contributed by atoms with E-state index in [4.69, 9.17) is 0 Å². The van der Waals surface area contributed by atoms with Gasteiger partial charge >= 0.3 is 0 Å². The quantitative estimate of drug-likeness (QED) is 0.679. The topological polar surface area (TPSA) is 40.6 Å². The lowest BCUT2D eigenvalue weighted by atomic mass is 10.1. The molecule has 1 aliphatic rings. The summed E-state index contributed by atoms with van der Waals surface area (Å²) in [5.41, 5.74) is 1.76. The number of unbranched alkanes of at least 4 members (excludes halogenated alkanes) is 2. The molecule has 24 heavy (non-hydrogen) atoms. The van der Waals surface area contributed by atoms with Crippen LogP contribution in [-0.2, 0) is 11.3 Å². The molecule has 0 atom stereocenters. The predicted molar refractivity (Wildman–Crippen MR) is 96.8 cm³/mol. The van der Waals surface area contributed by atoms with Crippen LogP contribution < -0.4 is 0 Å². The molecule has 1 aromatic carbocycles. The van der Waals surface area contributed by atoms with Gasteiger partial charge in [0.25, 0.3) is 5.91 Å². The molecule has 1 saturated heterocycles. The lowest BCUT2D eigenvalue weighted by Crippen LogP contribution is -2.37. The summed E-state index contributed by atoms with van der Waals surface area (Å²) in [5, 5.41) is 0. The number of rotatable bonds is 8. The molecule has 1 fully saturated rings. The second-order valence-electron chi connectivity index (χ2n) is 6.92. The largest absolute Gasteiger partial charge is 0.338 e. The van der Waals surface area contributed by atoms with Gasteiger partial charge < -0.3 is 9.80 Å². The maximum atomic E-state index is 12.9. The highest BCUT2D eigenvalue weighted by Gasteiger charge is 2.21. The molecule has 0 spiro atoms. The summed E-state index contributed by atoms with van der Waals surface area (Å²) in [4.78, 5) is 28.5. The van der Waals surface area contributed by atoms with Gasteiger partial charge in [0, 0.05) is 37.7 Å². The zero-order chi connectivity index (χ0) is 17.5. The van der Waals surface area contributed by atoms with E-state index >= 15 is 0 Å². The summed E-state index contributed by atoms with van der Waals surface area (Å²) in [6.07, 6.45) is 4.93. The van der Waals surface area contributed by atoms with Crippen LogP contribution in [0.5, 0.6) is 0 Å². The molecule has 1 aromatic rings. The summed E-state index contributed by atoms with van der Waals surface area (Å²) in [6.45, 7) is 8.54. The maximum Gasteiger partial charge on any atom is 0.254 e. The van der Waals surface area contributed by atoms with Crippen molar-refractivity contribution in [3.05, 3.63) is 35.4 Å². The van der Waals surface area contributed by atoms with Crippen LogP contribution in [0.25, 0.3) is 0 Å². The van der Waals surface area contributed by atoms with Crippen molar-refractivity contribution < 1.29 is 9.59 Å². The van der Waals surface area contributed by atoms with Crippen molar-refractivity contribution in [3.63, 3.8) is 0 Å². The molecule has 2 rings (SSSR count). The standard InChI is InChI=1S/C20H30N2O2/c1-4-5-6-13-22(16(2)3)20(24)18-10-7-9-17(14-18)15-21-12-8-11-19(21)23/h7,9-10,14,16H,4-6,8,11-13,15H2,1-3H3. The van der Waals surface area contributed by atoms with E-state index in [9.17, 15) is 9.59 Å². The number of amides is 2. The maximum absolute atomic E-state index is 12.9. The Kier molecular flexibility index (Phi) is 6.83. The summed E-state index contributed by atoms with van der Waals surface area (Å²) >= 11 is 0. The van der Waals surface area contributed by atoms with Gasteiger partial charge in [-0.2, -0.15) is 0 Å². The van der Waals surface area contributed by atoms with Gasteiger partial charge in [0.1, 0.15) is 0 Å². The van der Waals surface area contributed by atoms with Crippen LogP contribution in [0.15, 0.2) is 24.3 Å². The van der Waals surface area contributed by atoms with E-state index < -0.39 is 0 Å². The third-order valence-electron chi connectivity index (χ3n) is 4.61. The van der Waals surface area contributed by atoms with E-state index in [1.54, 1.807) is 0 Å². The Hall–Kier alpha value is -1.84. The minimum Gasteiger partial charge on any atom is -0.338 e. The number of benzene rings is 1. The van der Waals surface area contributed by atoms with Crippen molar-refractivity contribution in [1.82, 2.24) is 9.80 Å². The Labute approximate surface area is 145 Å². The van der Waals surface area contributed by atoms with E-state index in [0.717, 1.165) is 49.9 Å². The van der Waals surface area contributed by atoms with Crippen LogP contribution in [0.3, 0.4) is 0 Å². The van der Waals surface area contributed by atoms with Gasteiger partial charge in [-0.15, -0.1) is 0 Å². The molecule has 0 radical (unpaired) electrons. The van der Waals surface area contributed by atoms with Crippen LogP contribution in [0, 0.1) is 0 Å². The van der Waals surface area contributed by atoms with Crippen molar-refractivity contribution in [2.24, 2.45) is 0 Å². The number of hydrogen-bond acceptors (Lipinski definition) is 2. The van der Waals surface area contributed by atoms with Crippen molar-refractivity contribution >= 4 is 11.8 Å². The van der Waals surface area contributed by atoms with Crippen LogP contribution in [0.1, 0.15) is 68.8 Å². The van der Waals surface area contributed by atoms with E-state index in [0.29, 0.717) is 13.0 Å². The molecule has 1 heterocycles. The van der Waals surface area contributed by atoms with E-state index in [-0.39, 0.29) is 17.9 Å². The average Bonchev–Trinajstić information content (AvgIpc) is 2.96. The Morgan fingerprint density at radius 3 is 2.71 bits per heavy atom. The second-order valence-corrected chi connectivity index (χ2v) is 6.92. The fourth-order valence-corrected chi connectivity index (χ4v) is 3.19. The number of carbonyl (C=O) groups is 2. The molecule has 1 aliphatic heterocycles. The molecule has 0 unspecified atom stereocenters. The Morgan fingerprint density at radius 1 is 1.29 bits per heavy atom. The zero-order valence-corrected chi connectivity index (χ0v) is 15.3. The number of nitrogens with zero attached hydrogens (tertiary/aromatic N) is 2. The highest BCUT2D eigenvalue weighted by Crippen LogP contribution is 2.17. The molecule has 0 saturated carbocycles. The van der Waals surface area contributed by atoms with Gasteiger partial charge in [0.15, 0.2) is 0 Å². The van der Waals surface area contributed by atoms with Gasteiger partial charge in [0.05, 0.1) is 0 Å². The minimum absolute atomic E-state index is 0.0932. The van der Waals surface area contributed by atoms with Gasteiger partial charge in [-0.25, -0.2) is 0 Å². The number of carbonyl (C=O) groups excluding carboxylic acids is 2. The SMILES string of the molecule is CCCCCN(C(=O)c1cccc(CN2CCCC2=O)c1)C(C)C. The molecule has 0 bridgehead atoms. The smallest absolute Gasteiger partial charge is 0.254 e. The third-order valence-corrected chi connectivity index (χ3v) is 4.61. The number of hydrogen-bond donors (Lipinski definition) is 0. The third kappa shape index (κ3) is 4.83. The molecule has 0 N–H and O–H groups in total. The first-order valence-corrected chi connectivity index (χ1v) is 9.20. The van der Waals surface area contributed by atoms with Crippen molar-refractivity contribution in [3.8, 4) is 0 Å². The molecule has 2 amide bonds. The summed E-state index contributed by atoms with van der Waals surface area (Å²) in [5.74, 6) is 0.311. The summed E-state index contributed by atoms with van der Waals surface area (Å²) in [6, 6.07) is 7.95. The minimum atomic E-state index is 0.0932. The van der Waals surface area contributed by atoms with Crippen LogP contribution in [0.2, 0.25) is 0 Å². The fourth-order valence-electron chi connectivity index (χ4n) is 3.19. The highest BCUT2D eigenvalue weighted by molar-refractivity contribution is 5.94. The van der Waals surface area contributed by atoms with Gasteiger partial charge in [0.2, 0.25) is 5.91 Å². The van der Waals surface area contributed by atoms with Gasteiger partial charge in [-0.1, -0.05) is 31.9 Å². The first-order chi connectivity index (χ1) is 11.5. The molecular weight excluding hydrogens is 300 g/mol. The molecule has 132 valence electrons. The van der Waals surface area contributed by atoms with Gasteiger partial charge in [-0.05, 0) is 44.4 Å². The lowest BCUT2D eigenvalue weighted by Gasteiger charge is -2.27. The fraction of sp³-hybridized carbons (Fsp3) is 0.600. The molecular formula is C20H30N2O2. The van der Waals surface area contributed by atoms with Crippen molar-refractivity contribution in [1.29, 1.82) is 0 Å². The van der Waals surface area contributed by atoms with E-state index in [1.807, 2.05) is 34.1 Å².